The third kappa shape index (κ3) is 5.65. The number of aryl methyl sites for hydroxylation is 1. The molecule has 1 aromatic heterocycles. The first-order valence-corrected chi connectivity index (χ1v) is 13.4. The quantitative estimate of drug-likeness (QED) is 0.166. The molecular formula is C28H27BrN2O4S. The van der Waals surface area contributed by atoms with Crippen LogP contribution in [0.1, 0.15) is 52.6 Å². The van der Waals surface area contributed by atoms with Gasteiger partial charge in [-0.15, -0.1) is 0 Å². The summed E-state index contributed by atoms with van der Waals surface area (Å²) >= 11 is 4.36. The van der Waals surface area contributed by atoms with E-state index in [1.54, 1.807) is 18.2 Å². The second-order valence-corrected chi connectivity index (χ2v) is 10.5. The van der Waals surface area contributed by atoms with Crippen molar-refractivity contribution in [2.75, 3.05) is 6.61 Å². The Kier molecular flexibility index (Phi) is 8.16. The van der Waals surface area contributed by atoms with Crippen molar-refractivity contribution in [1.82, 2.24) is 9.47 Å². The van der Waals surface area contributed by atoms with E-state index < -0.39 is 0 Å². The van der Waals surface area contributed by atoms with E-state index in [2.05, 4.69) is 20.5 Å². The Morgan fingerprint density at radius 3 is 2.42 bits per heavy atom. The summed E-state index contributed by atoms with van der Waals surface area (Å²) in [6.45, 7) is 6.66. The molecule has 0 N–H and O–H groups in total. The van der Waals surface area contributed by atoms with Crippen molar-refractivity contribution in [2.24, 2.45) is 0 Å². The number of amides is 2. The number of benzene rings is 2. The van der Waals surface area contributed by atoms with Gasteiger partial charge in [0.2, 0.25) is 0 Å². The molecule has 4 rings (SSSR count). The summed E-state index contributed by atoms with van der Waals surface area (Å²) in [5, 5.41) is -0.274. The third-order valence-electron chi connectivity index (χ3n) is 5.98. The van der Waals surface area contributed by atoms with Gasteiger partial charge in [-0.05, 0) is 91.7 Å². The molecule has 1 aliphatic heterocycles. The van der Waals surface area contributed by atoms with E-state index in [4.69, 9.17) is 4.74 Å². The summed E-state index contributed by atoms with van der Waals surface area (Å²) in [6, 6.07) is 16.8. The standard InChI is InChI=1S/C28H27BrN2O4S/c1-4-5-14-35-27(33)21-8-12-24(13-9-21)31-18(2)15-22(19(31)3)16-25-26(32)30(28(34)36-25)17-20-6-10-23(29)11-7-20/h6-13,15-16H,4-5,14,17H2,1-3H3/b25-16-. The number of ether oxygens (including phenoxy) is 1. The number of aromatic nitrogens is 1. The van der Waals surface area contributed by atoms with Gasteiger partial charge in [0.1, 0.15) is 0 Å². The lowest BCUT2D eigenvalue weighted by Gasteiger charge is -2.12. The van der Waals surface area contributed by atoms with Crippen molar-refractivity contribution >= 4 is 50.9 Å². The largest absolute Gasteiger partial charge is 0.462 e. The monoisotopic (exact) mass is 566 g/mol. The van der Waals surface area contributed by atoms with Crippen LogP contribution in [0.25, 0.3) is 11.8 Å². The number of hydrogen-bond donors (Lipinski definition) is 0. The number of hydrogen-bond acceptors (Lipinski definition) is 5. The van der Waals surface area contributed by atoms with E-state index in [-0.39, 0.29) is 23.7 Å². The molecular weight excluding hydrogens is 540 g/mol. The Bertz CT molecular complexity index is 1330. The number of carbonyl (C=O) groups is 3. The average Bonchev–Trinajstić information content (AvgIpc) is 3.29. The summed E-state index contributed by atoms with van der Waals surface area (Å²) in [7, 11) is 0. The summed E-state index contributed by atoms with van der Waals surface area (Å²) in [4.78, 5) is 39.5. The summed E-state index contributed by atoms with van der Waals surface area (Å²) in [5.74, 6) is -0.612. The Morgan fingerprint density at radius 2 is 1.75 bits per heavy atom. The molecule has 0 spiro atoms. The number of halogens is 1. The Balaban J connectivity index is 1.53. The van der Waals surface area contributed by atoms with Gasteiger partial charge in [-0.3, -0.25) is 14.5 Å². The molecule has 0 saturated carbocycles. The molecule has 2 amide bonds. The molecule has 3 aromatic rings. The van der Waals surface area contributed by atoms with Crippen LogP contribution < -0.4 is 0 Å². The van der Waals surface area contributed by atoms with Crippen LogP contribution in [0.5, 0.6) is 0 Å². The van der Waals surface area contributed by atoms with Gasteiger partial charge < -0.3 is 9.30 Å². The Hall–Kier alpha value is -3.10. The summed E-state index contributed by atoms with van der Waals surface area (Å²) in [5.41, 5.74) is 5.08. The highest BCUT2D eigenvalue weighted by molar-refractivity contribution is 9.10. The van der Waals surface area contributed by atoms with Crippen molar-refractivity contribution < 1.29 is 19.1 Å². The molecule has 0 radical (unpaired) electrons. The maximum absolute atomic E-state index is 13.0. The number of rotatable bonds is 8. The Labute approximate surface area is 223 Å². The molecule has 8 heteroatoms. The number of imide groups is 1. The van der Waals surface area contributed by atoms with E-state index in [9.17, 15) is 14.4 Å². The van der Waals surface area contributed by atoms with Gasteiger partial charge in [-0.2, -0.15) is 0 Å². The highest BCUT2D eigenvalue weighted by Gasteiger charge is 2.35. The average molecular weight is 568 g/mol. The van der Waals surface area contributed by atoms with Gasteiger partial charge in [0.15, 0.2) is 0 Å². The zero-order valence-electron chi connectivity index (χ0n) is 20.4. The second-order valence-electron chi connectivity index (χ2n) is 8.59. The molecule has 6 nitrogen and oxygen atoms in total. The first kappa shape index (κ1) is 26.0. The molecule has 186 valence electrons. The zero-order chi connectivity index (χ0) is 25.8. The minimum atomic E-state index is -0.324. The SMILES string of the molecule is CCCCOC(=O)c1ccc(-n2c(C)cc(/C=C3\SC(=O)N(Cc4ccc(Br)cc4)C3=O)c2C)cc1. The first-order valence-electron chi connectivity index (χ1n) is 11.7. The molecule has 1 fully saturated rings. The number of esters is 1. The van der Waals surface area contributed by atoms with Gasteiger partial charge in [0, 0.05) is 21.5 Å². The molecule has 0 bridgehead atoms. The maximum atomic E-state index is 13.0. The lowest BCUT2D eigenvalue weighted by molar-refractivity contribution is -0.123. The van der Waals surface area contributed by atoms with Crippen LogP contribution in [0.3, 0.4) is 0 Å². The number of carbonyl (C=O) groups excluding carboxylic acids is 3. The van der Waals surface area contributed by atoms with Gasteiger partial charge >= 0.3 is 5.97 Å². The van der Waals surface area contributed by atoms with Crippen LogP contribution >= 0.6 is 27.7 Å². The minimum Gasteiger partial charge on any atom is -0.462 e. The Morgan fingerprint density at radius 1 is 1.06 bits per heavy atom. The van der Waals surface area contributed by atoms with Crippen molar-refractivity contribution in [1.29, 1.82) is 0 Å². The zero-order valence-corrected chi connectivity index (χ0v) is 22.8. The molecule has 36 heavy (non-hydrogen) atoms. The van der Waals surface area contributed by atoms with Crippen LogP contribution in [-0.2, 0) is 16.1 Å². The molecule has 2 aromatic carbocycles. The van der Waals surface area contributed by atoms with Crippen molar-refractivity contribution in [3.63, 3.8) is 0 Å². The predicted octanol–water partition coefficient (Wildman–Crippen LogP) is 7.05. The van der Waals surface area contributed by atoms with Gasteiger partial charge in [-0.25, -0.2) is 4.79 Å². The fourth-order valence-electron chi connectivity index (χ4n) is 4.02. The molecule has 0 unspecified atom stereocenters. The van der Waals surface area contributed by atoms with Crippen LogP contribution in [0.4, 0.5) is 4.79 Å². The van der Waals surface area contributed by atoms with Crippen LogP contribution in [0, 0.1) is 13.8 Å². The fourth-order valence-corrected chi connectivity index (χ4v) is 5.11. The predicted molar refractivity (Wildman–Crippen MR) is 146 cm³/mol. The number of nitrogens with zero attached hydrogens (tertiary/aromatic N) is 2. The first-order chi connectivity index (χ1) is 17.3. The van der Waals surface area contributed by atoms with Crippen LogP contribution in [0.2, 0.25) is 0 Å². The number of unbranched alkanes of at least 4 members (excludes halogenated alkanes) is 1. The lowest BCUT2D eigenvalue weighted by Crippen LogP contribution is -2.27. The van der Waals surface area contributed by atoms with Crippen LogP contribution in [-0.4, -0.2) is 33.2 Å². The van der Waals surface area contributed by atoms with Gasteiger partial charge in [0.25, 0.3) is 11.1 Å². The third-order valence-corrected chi connectivity index (χ3v) is 7.41. The summed E-state index contributed by atoms with van der Waals surface area (Å²) in [6.07, 6.45) is 3.60. The van der Waals surface area contributed by atoms with Crippen molar-refractivity contribution in [3.05, 3.63) is 92.1 Å². The highest BCUT2D eigenvalue weighted by Crippen LogP contribution is 2.34. The van der Waals surface area contributed by atoms with Crippen molar-refractivity contribution in [2.45, 2.75) is 40.2 Å². The molecule has 0 aliphatic carbocycles. The summed E-state index contributed by atoms with van der Waals surface area (Å²) < 4.78 is 8.29. The van der Waals surface area contributed by atoms with Crippen molar-refractivity contribution in [3.8, 4) is 5.69 Å². The molecule has 1 saturated heterocycles. The maximum Gasteiger partial charge on any atom is 0.338 e. The molecule has 1 aliphatic rings. The smallest absolute Gasteiger partial charge is 0.338 e. The minimum absolute atomic E-state index is 0.238. The topological polar surface area (TPSA) is 68.6 Å². The van der Waals surface area contributed by atoms with E-state index >= 15 is 0 Å². The van der Waals surface area contributed by atoms with E-state index in [0.717, 1.165) is 57.3 Å². The van der Waals surface area contributed by atoms with Gasteiger partial charge in [-0.1, -0.05) is 41.4 Å². The molecule has 0 atom stereocenters. The fraction of sp³-hybridized carbons (Fsp3) is 0.250. The molecule has 2 heterocycles. The normalized spacial score (nSPS) is 14.7. The number of thioether (sulfide) groups is 1. The van der Waals surface area contributed by atoms with E-state index in [1.165, 1.54) is 4.90 Å². The lowest BCUT2D eigenvalue weighted by atomic mass is 10.2. The highest BCUT2D eigenvalue weighted by atomic mass is 79.9. The van der Waals surface area contributed by atoms with Gasteiger partial charge in [0.05, 0.1) is 23.6 Å². The van der Waals surface area contributed by atoms with E-state index in [0.29, 0.717) is 17.1 Å². The van der Waals surface area contributed by atoms with E-state index in [1.807, 2.05) is 63.2 Å². The second kappa shape index (κ2) is 11.3. The van der Waals surface area contributed by atoms with Crippen LogP contribution in [0.15, 0.2) is 64.0 Å².